The summed E-state index contributed by atoms with van der Waals surface area (Å²) >= 11 is 0. The van der Waals surface area contributed by atoms with Crippen molar-refractivity contribution < 1.29 is 9.47 Å². The van der Waals surface area contributed by atoms with Crippen molar-refractivity contribution in [1.29, 1.82) is 0 Å². The Bertz CT molecular complexity index is 1620. The minimum Gasteiger partial charge on any atom is -0.475 e. The molecular formula is C36H30N4O2. The van der Waals surface area contributed by atoms with Crippen molar-refractivity contribution in [3.63, 3.8) is 0 Å². The highest BCUT2D eigenvalue weighted by Crippen LogP contribution is 2.34. The molecule has 2 aliphatic rings. The van der Waals surface area contributed by atoms with Crippen LogP contribution < -0.4 is 10.6 Å². The number of nitrogens with one attached hydrogen (secondary N) is 2. The molecule has 0 fully saturated rings. The summed E-state index contributed by atoms with van der Waals surface area (Å²) in [6.07, 6.45) is 0. The Labute approximate surface area is 245 Å². The molecule has 0 aromatic heterocycles. The summed E-state index contributed by atoms with van der Waals surface area (Å²) < 4.78 is 12.2. The van der Waals surface area contributed by atoms with Gasteiger partial charge >= 0.3 is 0 Å². The van der Waals surface area contributed by atoms with Gasteiger partial charge in [0, 0.05) is 0 Å². The zero-order valence-corrected chi connectivity index (χ0v) is 23.0. The first-order chi connectivity index (χ1) is 20.8. The third-order valence-corrected chi connectivity index (χ3v) is 7.45. The predicted molar refractivity (Wildman–Crippen MR) is 169 cm³/mol. The molecule has 0 saturated carbocycles. The van der Waals surface area contributed by atoms with E-state index >= 15 is 0 Å². The van der Waals surface area contributed by atoms with Gasteiger partial charge in [-0.2, -0.15) is 0 Å². The first-order valence-electron chi connectivity index (χ1n) is 14.1. The van der Waals surface area contributed by atoms with Crippen LogP contribution in [0.25, 0.3) is 0 Å². The highest BCUT2D eigenvalue weighted by Gasteiger charge is 2.25. The largest absolute Gasteiger partial charge is 0.475 e. The lowest BCUT2D eigenvalue weighted by molar-refractivity contribution is 0.320. The molecule has 0 amide bonds. The fourth-order valence-corrected chi connectivity index (χ4v) is 5.28. The van der Waals surface area contributed by atoms with Crippen LogP contribution >= 0.6 is 0 Å². The smallest absolute Gasteiger partial charge is 0.219 e. The highest BCUT2D eigenvalue weighted by atomic mass is 16.5. The van der Waals surface area contributed by atoms with E-state index in [4.69, 9.17) is 19.5 Å². The predicted octanol–water partition coefficient (Wildman–Crippen LogP) is 8.21. The van der Waals surface area contributed by atoms with Crippen LogP contribution in [-0.2, 0) is 9.47 Å². The average Bonchev–Trinajstić information content (AvgIpc) is 3.75. The van der Waals surface area contributed by atoms with Crippen molar-refractivity contribution >= 4 is 34.5 Å². The molecule has 5 aromatic carbocycles. The molecule has 0 spiro atoms. The minimum absolute atomic E-state index is 0.0121. The van der Waals surface area contributed by atoms with Crippen LogP contribution in [-0.4, -0.2) is 25.0 Å². The quantitative estimate of drug-likeness (QED) is 0.204. The van der Waals surface area contributed by atoms with Crippen LogP contribution in [0.1, 0.15) is 34.3 Å². The molecule has 2 N–H and O–H groups in total. The van der Waals surface area contributed by atoms with E-state index in [1.165, 1.54) is 0 Å². The molecule has 6 nitrogen and oxygen atoms in total. The number of benzene rings is 5. The number of aliphatic imine (C=N–C) groups is 2. The second-order valence-corrected chi connectivity index (χ2v) is 10.2. The topological polar surface area (TPSA) is 67.2 Å². The van der Waals surface area contributed by atoms with E-state index in [9.17, 15) is 0 Å². The Morgan fingerprint density at radius 3 is 1.21 bits per heavy atom. The van der Waals surface area contributed by atoms with Crippen molar-refractivity contribution in [3.05, 3.63) is 156 Å². The molecular weight excluding hydrogens is 520 g/mol. The normalized spacial score (nSPS) is 17.5. The lowest BCUT2D eigenvalue weighted by Crippen LogP contribution is -2.08. The first-order valence-corrected chi connectivity index (χ1v) is 14.1. The van der Waals surface area contributed by atoms with Gasteiger partial charge < -0.3 is 20.1 Å². The number of hydrogen-bond acceptors (Lipinski definition) is 6. The Morgan fingerprint density at radius 1 is 0.429 bits per heavy atom. The van der Waals surface area contributed by atoms with Gasteiger partial charge in [-0.05, 0) is 47.5 Å². The van der Waals surface area contributed by atoms with Gasteiger partial charge in [-0.1, -0.05) is 97.1 Å². The van der Waals surface area contributed by atoms with Gasteiger partial charge in [-0.15, -0.1) is 0 Å². The fourth-order valence-electron chi connectivity index (χ4n) is 5.28. The lowest BCUT2D eigenvalue weighted by Gasteiger charge is -2.17. The van der Waals surface area contributed by atoms with Gasteiger partial charge in [-0.3, -0.25) is 0 Å². The summed E-state index contributed by atoms with van der Waals surface area (Å²) in [6, 6.07) is 44.9. The molecule has 0 saturated heterocycles. The molecule has 206 valence electrons. The molecule has 2 unspecified atom stereocenters. The van der Waals surface area contributed by atoms with Gasteiger partial charge in [-0.25, -0.2) is 9.98 Å². The third-order valence-electron chi connectivity index (χ3n) is 7.45. The van der Waals surface area contributed by atoms with E-state index in [-0.39, 0.29) is 12.1 Å². The maximum atomic E-state index is 6.09. The number of ether oxygens (including phenoxy) is 2. The molecule has 0 aliphatic carbocycles. The Hall–Kier alpha value is -5.36. The zero-order valence-electron chi connectivity index (χ0n) is 23.0. The lowest BCUT2D eigenvalue weighted by atomic mass is 10.1. The molecule has 0 radical (unpaired) electrons. The SMILES string of the molecule is c1ccc(C2COC(c3ccccc3Nc3ccccc3Nc3ccccc3C3=NC(c4ccccc4)CO3)=N2)cc1. The molecule has 0 bridgehead atoms. The van der Waals surface area contributed by atoms with Crippen LogP contribution in [0.2, 0.25) is 0 Å². The van der Waals surface area contributed by atoms with E-state index in [2.05, 4.69) is 47.0 Å². The van der Waals surface area contributed by atoms with Gasteiger partial charge in [0.05, 0.1) is 33.9 Å². The number of rotatable bonds is 8. The van der Waals surface area contributed by atoms with Crippen LogP contribution in [0.3, 0.4) is 0 Å². The van der Waals surface area contributed by atoms with Crippen LogP contribution in [0.15, 0.2) is 143 Å². The number of anilines is 4. The Kier molecular flexibility index (Phi) is 7.09. The summed E-state index contributed by atoms with van der Waals surface area (Å²) in [5.41, 5.74) is 7.83. The van der Waals surface area contributed by atoms with Crippen LogP contribution in [0.5, 0.6) is 0 Å². The highest BCUT2D eigenvalue weighted by molar-refractivity contribution is 6.03. The van der Waals surface area contributed by atoms with Crippen LogP contribution in [0, 0.1) is 0 Å². The number of hydrogen-bond donors (Lipinski definition) is 2. The maximum absolute atomic E-state index is 6.09. The third kappa shape index (κ3) is 5.34. The van der Waals surface area contributed by atoms with E-state index in [1.54, 1.807) is 0 Å². The van der Waals surface area contributed by atoms with Crippen molar-refractivity contribution in [2.45, 2.75) is 12.1 Å². The van der Waals surface area contributed by atoms with Gasteiger partial charge in [0.25, 0.3) is 0 Å². The number of nitrogens with zero attached hydrogens (tertiary/aromatic N) is 2. The summed E-state index contributed by atoms with van der Waals surface area (Å²) in [6.45, 7) is 1.05. The van der Waals surface area contributed by atoms with Gasteiger partial charge in [0.1, 0.15) is 25.3 Å². The fraction of sp³-hybridized carbons (Fsp3) is 0.111. The van der Waals surface area contributed by atoms with Crippen molar-refractivity contribution in [2.75, 3.05) is 23.8 Å². The van der Waals surface area contributed by atoms with Crippen molar-refractivity contribution in [1.82, 2.24) is 0 Å². The van der Waals surface area contributed by atoms with E-state index < -0.39 is 0 Å². The van der Waals surface area contributed by atoms with E-state index in [1.807, 2.05) is 97.1 Å². The Morgan fingerprint density at radius 2 is 0.786 bits per heavy atom. The maximum Gasteiger partial charge on any atom is 0.219 e. The summed E-state index contributed by atoms with van der Waals surface area (Å²) in [5.74, 6) is 1.29. The molecule has 2 atom stereocenters. The zero-order chi connectivity index (χ0) is 28.1. The summed E-state index contributed by atoms with van der Waals surface area (Å²) in [5, 5.41) is 7.25. The van der Waals surface area contributed by atoms with E-state index in [0.29, 0.717) is 25.0 Å². The average molecular weight is 551 g/mol. The molecule has 5 aromatic rings. The Balaban J connectivity index is 1.15. The monoisotopic (exact) mass is 550 g/mol. The van der Waals surface area contributed by atoms with Crippen molar-refractivity contribution in [2.24, 2.45) is 9.98 Å². The van der Waals surface area contributed by atoms with Gasteiger partial charge in [0.15, 0.2) is 0 Å². The molecule has 2 aliphatic heterocycles. The minimum atomic E-state index is -0.0121. The molecule has 42 heavy (non-hydrogen) atoms. The summed E-state index contributed by atoms with van der Waals surface area (Å²) in [7, 11) is 0. The second-order valence-electron chi connectivity index (χ2n) is 10.2. The molecule has 2 heterocycles. The molecule has 6 heteroatoms. The number of para-hydroxylation sites is 4. The standard InChI is InChI=1S/C36H30N4O2/c1-3-13-25(14-4-1)33-23-41-35(39-33)27-17-7-9-19-29(27)37-31-21-11-12-22-32(31)38-30-20-10-8-18-28(30)36-40-34(24-42-36)26-15-5-2-6-16-26/h1-22,33-34,37-38H,23-24H2. The first kappa shape index (κ1) is 25.6. The summed E-state index contributed by atoms with van der Waals surface area (Å²) in [4.78, 5) is 9.83. The molecule has 7 rings (SSSR count). The van der Waals surface area contributed by atoms with Crippen LogP contribution in [0.4, 0.5) is 22.7 Å². The van der Waals surface area contributed by atoms with Crippen molar-refractivity contribution in [3.8, 4) is 0 Å². The van der Waals surface area contributed by atoms with E-state index in [0.717, 1.165) is 45.0 Å². The van der Waals surface area contributed by atoms with Gasteiger partial charge in [0.2, 0.25) is 11.8 Å². The second kappa shape index (κ2) is 11.6.